The van der Waals surface area contributed by atoms with Crippen molar-refractivity contribution >= 4 is 27.9 Å². The van der Waals surface area contributed by atoms with E-state index in [1.54, 1.807) is 7.11 Å². The quantitative estimate of drug-likeness (QED) is 0.621. The molecule has 0 saturated carbocycles. The van der Waals surface area contributed by atoms with E-state index in [1.807, 2.05) is 24.3 Å². The van der Waals surface area contributed by atoms with Crippen molar-refractivity contribution in [3.8, 4) is 0 Å². The summed E-state index contributed by atoms with van der Waals surface area (Å²) >= 11 is 3.33. The molecular formula is C14H19BrN2O4. The maximum absolute atomic E-state index is 11.7. The summed E-state index contributed by atoms with van der Waals surface area (Å²) in [7, 11) is 1.55. The van der Waals surface area contributed by atoms with Crippen LogP contribution in [0.5, 0.6) is 0 Å². The lowest BCUT2D eigenvalue weighted by molar-refractivity contribution is -0.139. The molecule has 0 aliphatic carbocycles. The number of carbonyl (C=O) groups excluding carboxylic acids is 1. The highest BCUT2D eigenvalue weighted by molar-refractivity contribution is 9.10. The fourth-order valence-corrected chi connectivity index (χ4v) is 1.95. The molecule has 0 aliphatic rings. The molecule has 0 fully saturated rings. The van der Waals surface area contributed by atoms with Crippen molar-refractivity contribution in [2.75, 3.05) is 13.7 Å². The molecule has 1 unspecified atom stereocenters. The average molecular weight is 359 g/mol. The van der Waals surface area contributed by atoms with Crippen LogP contribution in [0.25, 0.3) is 0 Å². The molecular weight excluding hydrogens is 340 g/mol. The van der Waals surface area contributed by atoms with Gasteiger partial charge in [0.25, 0.3) is 0 Å². The number of carboxylic acid groups (broad SMARTS) is 1. The smallest absolute Gasteiger partial charge is 0.326 e. The van der Waals surface area contributed by atoms with Crippen molar-refractivity contribution in [2.24, 2.45) is 0 Å². The zero-order chi connectivity index (χ0) is 15.7. The van der Waals surface area contributed by atoms with Crippen molar-refractivity contribution < 1.29 is 19.4 Å². The molecule has 1 rings (SSSR count). The fraction of sp³-hybridized carbons (Fsp3) is 0.429. The van der Waals surface area contributed by atoms with Gasteiger partial charge in [0.2, 0.25) is 0 Å². The van der Waals surface area contributed by atoms with E-state index < -0.39 is 18.0 Å². The lowest BCUT2D eigenvalue weighted by atomic mass is 10.1. The number of hydrogen-bond acceptors (Lipinski definition) is 3. The van der Waals surface area contributed by atoms with Crippen LogP contribution in [0.1, 0.15) is 18.4 Å². The standard InChI is InChI=1S/C14H19BrN2O4/c1-21-8-2-3-12(13(18)19)17-14(20)16-9-10-4-6-11(15)7-5-10/h4-7,12H,2-3,8-9H2,1H3,(H,18,19)(H2,16,17,20). The van der Waals surface area contributed by atoms with Gasteiger partial charge in [0.1, 0.15) is 6.04 Å². The van der Waals surface area contributed by atoms with E-state index in [2.05, 4.69) is 26.6 Å². The highest BCUT2D eigenvalue weighted by Gasteiger charge is 2.19. The number of methoxy groups -OCH3 is 1. The molecule has 3 N–H and O–H groups in total. The number of urea groups is 1. The molecule has 1 aromatic carbocycles. The molecule has 0 saturated heterocycles. The van der Waals surface area contributed by atoms with Crippen LogP contribution in [0.4, 0.5) is 4.79 Å². The molecule has 0 aliphatic heterocycles. The van der Waals surface area contributed by atoms with Crippen LogP contribution >= 0.6 is 15.9 Å². The van der Waals surface area contributed by atoms with Crippen molar-refractivity contribution in [3.63, 3.8) is 0 Å². The second kappa shape index (κ2) is 9.36. The van der Waals surface area contributed by atoms with Gasteiger partial charge in [-0.2, -0.15) is 0 Å². The molecule has 1 atom stereocenters. The molecule has 6 nitrogen and oxygen atoms in total. The Morgan fingerprint density at radius 1 is 1.33 bits per heavy atom. The van der Waals surface area contributed by atoms with Gasteiger partial charge in [-0.05, 0) is 30.5 Å². The zero-order valence-corrected chi connectivity index (χ0v) is 13.4. The normalized spacial score (nSPS) is 11.7. The average Bonchev–Trinajstić information content (AvgIpc) is 2.45. The van der Waals surface area contributed by atoms with Crippen LogP contribution in [0.2, 0.25) is 0 Å². The number of halogens is 1. The number of carbonyl (C=O) groups is 2. The summed E-state index contributed by atoms with van der Waals surface area (Å²) in [4.78, 5) is 22.8. The minimum absolute atomic E-state index is 0.328. The molecule has 0 aromatic heterocycles. The highest BCUT2D eigenvalue weighted by Crippen LogP contribution is 2.10. The topological polar surface area (TPSA) is 87.7 Å². The molecule has 21 heavy (non-hydrogen) atoms. The molecule has 0 radical (unpaired) electrons. The predicted octanol–water partition coefficient (Wildman–Crippen LogP) is 2.13. The lowest BCUT2D eigenvalue weighted by Gasteiger charge is -2.15. The van der Waals surface area contributed by atoms with Crippen LogP contribution < -0.4 is 10.6 Å². The number of ether oxygens (including phenoxy) is 1. The van der Waals surface area contributed by atoms with E-state index in [1.165, 1.54) is 0 Å². The second-order valence-electron chi connectivity index (χ2n) is 4.48. The van der Waals surface area contributed by atoms with Gasteiger partial charge in [0.05, 0.1) is 0 Å². The SMILES string of the molecule is COCCCC(NC(=O)NCc1ccc(Br)cc1)C(=O)O. The first kappa shape index (κ1) is 17.5. The zero-order valence-electron chi connectivity index (χ0n) is 11.8. The summed E-state index contributed by atoms with van der Waals surface area (Å²) in [5.74, 6) is -1.05. The van der Waals surface area contributed by atoms with Crippen LogP contribution in [0.15, 0.2) is 28.7 Å². The summed E-state index contributed by atoms with van der Waals surface area (Å²) in [5.41, 5.74) is 0.930. The number of amides is 2. The van der Waals surface area contributed by atoms with Crippen LogP contribution in [0, 0.1) is 0 Å². The summed E-state index contributed by atoms with van der Waals surface area (Å²) in [6.45, 7) is 0.801. The first-order valence-corrected chi connectivity index (χ1v) is 7.32. The number of benzene rings is 1. The highest BCUT2D eigenvalue weighted by atomic mass is 79.9. The van der Waals surface area contributed by atoms with E-state index in [0.29, 0.717) is 26.0 Å². The van der Waals surface area contributed by atoms with Gasteiger partial charge in [-0.1, -0.05) is 28.1 Å². The number of nitrogens with one attached hydrogen (secondary N) is 2. The summed E-state index contributed by atoms with van der Waals surface area (Å²) < 4.78 is 5.82. The van der Waals surface area contributed by atoms with Gasteiger partial charge in [0, 0.05) is 24.7 Å². The second-order valence-corrected chi connectivity index (χ2v) is 5.40. The van der Waals surface area contributed by atoms with Crippen LogP contribution in [0.3, 0.4) is 0 Å². The van der Waals surface area contributed by atoms with Gasteiger partial charge >= 0.3 is 12.0 Å². The molecule has 7 heteroatoms. The molecule has 116 valence electrons. The Balaban J connectivity index is 2.39. The third-order valence-electron chi connectivity index (χ3n) is 2.81. The van der Waals surface area contributed by atoms with Gasteiger partial charge in [0.15, 0.2) is 0 Å². The van der Waals surface area contributed by atoms with Crippen molar-refractivity contribution in [1.82, 2.24) is 10.6 Å². The Bertz CT molecular complexity index is 465. The summed E-state index contributed by atoms with van der Waals surface area (Å²) in [5, 5.41) is 14.1. The van der Waals surface area contributed by atoms with Crippen molar-refractivity contribution in [2.45, 2.75) is 25.4 Å². The maximum Gasteiger partial charge on any atom is 0.326 e. The first-order valence-electron chi connectivity index (χ1n) is 6.53. The first-order chi connectivity index (χ1) is 10.0. The molecule has 2 amide bonds. The van der Waals surface area contributed by atoms with Gasteiger partial charge in [-0.25, -0.2) is 9.59 Å². The van der Waals surface area contributed by atoms with E-state index in [-0.39, 0.29) is 0 Å². The molecule has 1 aromatic rings. The third-order valence-corrected chi connectivity index (χ3v) is 3.34. The number of carboxylic acids is 1. The molecule has 0 bridgehead atoms. The van der Waals surface area contributed by atoms with E-state index in [4.69, 9.17) is 9.84 Å². The predicted molar refractivity (Wildman–Crippen MR) is 82.0 cm³/mol. The van der Waals surface area contributed by atoms with Crippen molar-refractivity contribution in [3.05, 3.63) is 34.3 Å². The van der Waals surface area contributed by atoms with Crippen molar-refractivity contribution in [1.29, 1.82) is 0 Å². The summed E-state index contributed by atoms with van der Waals surface area (Å²) in [6.07, 6.45) is 0.898. The Labute approximate surface area is 132 Å². The van der Waals surface area contributed by atoms with E-state index >= 15 is 0 Å². The van der Waals surface area contributed by atoms with Gasteiger partial charge < -0.3 is 20.5 Å². The van der Waals surface area contributed by atoms with E-state index in [0.717, 1.165) is 10.0 Å². The van der Waals surface area contributed by atoms with Crippen LogP contribution in [-0.2, 0) is 16.1 Å². The monoisotopic (exact) mass is 358 g/mol. The van der Waals surface area contributed by atoms with Gasteiger partial charge in [-0.15, -0.1) is 0 Å². The summed E-state index contributed by atoms with van der Waals surface area (Å²) in [6, 6.07) is 6.09. The Morgan fingerprint density at radius 3 is 2.57 bits per heavy atom. The Morgan fingerprint density at radius 2 is 2.00 bits per heavy atom. The van der Waals surface area contributed by atoms with Crippen LogP contribution in [-0.4, -0.2) is 36.9 Å². The lowest BCUT2D eigenvalue weighted by Crippen LogP contribution is -2.45. The fourth-order valence-electron chi connectivity index (χ4n) is 1.68. The number of hydrogen-bond donors (Lipinski definition) is 3. The molecule has 0 spiro atoms. The maximum atomic E-state index is 11.7. The largest absolute Gasteiger partial charge is 0.480 e. The Kier molecular flexibility index (Phi) is 7.78. The minimum atomic E-state index is -1.05. The molecule has 0 heterocycles. The minimum Gasteiger partial charge on any atom is -0.480 e. The number of aliphatic carboxylic acids is 1. The Hall–Kier alpha value is -1.60. The third kappa shape index (κ3) is 7.10. The number of rotatable bonds is 8. The van der Waals surface area contributed by atoms with Gasteiger partial charge in [-0.3, -0.25) is 0 Å². The van der Waals surface area contributed by atoms with E-state index in [9.17, 15) is 9.59 Å².